The lowest BCUT2D eigenvalue weighted by atomic mass is 10.2. The Morgan fingerprint density at radius 2 is 1.89 bits per heavy atom. The zero-order valence-corrected chi connectivity index (χ0v) is 10.7. The molecule has 2 aromatic carbocycles. The van der Waals surface area contributed by atoms with Crippen molar-refractivity contribution in [1.82, 2.24) is 0 Å². The maximum absolute atomic E-state index is 13.0. The van der Waals surface area contributed by atoms with E-state index < -0.39 is 0 Å². The van der Waals surface area contributed by atoms with Crippen molar-refractivity contribution in [3.63, 3.8) is 0 Å². The van der Waals surface area contributed by atoms with Crippen molar-refractivity contribution in [3.8, 4) is 5.75 Å². The monoisotopic (exact) mass is 276 g/mol. The fourth-order valence-corrected chi connectivity index (χ4v) is 1.99. The molecule has 96 valence electrons. The van der Waals surface area contributed by atoms with Crippen LogP contribution in [0.15, 0.2) is 53.1 Å². The average Bonchev–Trinajstić information content (AvgIpc) is 2.80. The van der Waals surface area contributed by atoms with E-state index in [1.807, 2.05) is 0 Å². The summed E-state index contributed by atoms with van der Waals surface area (Å²) in [7, 11) is 0. The molecule has 1 aromatic heterocycles. The SMILES string of the molecule is Fc1ccc2c(COc3ccc(Cl)cc3)coc2c1. The summed E-state index contributed by atoms with van der Waals surface area (Å²) in [5.41, 5.74) is 1.40. The fourth-order valence-electron chi connectivity index (χ4n) is 1.86. The van der Waals surface area contributed by atoms with Gasteiger partial charge in [0.15, 0.2) is 0 Å². The van der Waals surface area contributed by atoms with Crippen LogP contribution in [0.1, 0.15) is 5.56 Å². The van der Waals surface area contributed by atoms with E-state index in [0.717, 1.165) is 16.7 Å². The minimum Gasteiger partial charge on any atom is -0.489 e. The number of ether oxygens (including phenoxy) is 1. The van der Waals surface area contributed by atoms with Gasteiger partial charge in [-0.05, 0) is 36.4 Å². The third-order valence-corrected chi connectivity index (χ3v) is 3.08. The van der Waals surface area contributed by atoms with Crippen molar-refractivity contribution in [2.45, 2.75) is 6.61 Å². The lowest BCUT2D eigenvalue weighted by Crippen LogP contribution is -1.94. The first-order chi connectivity index (χ1) is 9.22. The lowest BCUT2D eigenvalue weighted by molar-refractivity contribution is 0.306. The van der Waals surface area contributed by atoms with Crippen LogP contribution in [0.25, 0.3) is 11.0 Å². The van der Waals surface area contributed by atoms with Gasteiger partial charge in [-0.3, -0.25) is 0 Å². The molecular formula is C15H10ClFO2. The van der Waals surface area contributed by atoms with E-state index in [-0.39, 0.29) is 5.82 Å². The molecule has 4 heteroatoms. The Bertz CT molecular complexity index is 704. The van der Waals surface area contributed by atoms with Crippen LogP contribution in [0.3, 0.4) is 0 Å². The number of furan rings is 1. The van der Waals surface area contributed by atoms with Gasteiger partial charge in [-0.25, -0.2) is 4.39 Å². The molecular weight excluding hydrogens is 267 g/mol. The van der Waals surface area contributed by atoms with Gasteiger partial charge in [0.05, 0.1) is 6.26 Å². The maximum atomic E-state index is 13.0. The van der Waals surface area contributed by atoms with Crippen molar-refractivity contribution < 1.29 is 13.5 Å². The van der Waals surface area contributed by atoms with Crippen molar-refractivity contribution in [2.24, 2.45) is 0 Å². The number of halogens is 2. The Hall–Kier alpha value is -2.00. The highest BCUT2D eigenvalue weighted by Crippen LogP contribution is 2.24. The summed E-state index contributed by atoms with van der Waals surface area (Å²) in [6, 6.07) is 11.6. The molecule has 0 spiro atoms. The molecule has 0 aliphatic heterocycles. The molecule has 0 saturated heterocycles. The Morgan fingerprint density at radius 3 is 2.68 bits per heavy atom. The molecule has 0 radical (unpaired) electrons. The summed E-state index contributed by atoms with van der Waals surface area (Å²) in [6.07, 6.45) is 1.58. The van der Waals surface area contributed by atoms with Crippen molar-refractivity contribution in [3.05, 3.63) is 65.1 Å². The minimum atomic E-state index is -0.313. The Labute approximate surface area is 114 Å². The molecule has 2 nitrogen and oxygen atoms in total. The Morgan fingerprint density at radius 1 is 1.11 bits per heavy atom. The van der Waals surface area contributed by atoms with Gasteiger partial charge >= 0.3 is 0 Å². The predicted octanol–water partition coefficient (Wildman–Crippen LogP) is 4.80. The summed E-state index contributed by atoms with van der Waals surface area (Å²) in [6.45, 7) is 0.361. The predicted molar refractivity (Wildman–Crippen MR) is 72.0 cm³/mol. The molecule has 0 aliphatic rings. The van der Waals surface area contributed by atoms with Crippen LogP contribution in [0.4, 0.5) is 4.39 Å². The summed E-state index contributed by atoms with van der Waals surface area (Å²) in [5.74, 6) is 0.410. The molecule has 0 saturated carbocycles. The summed E-state index contributed by atoms with van der Waals surface area (Å²) < 4.78 is 24.0. The maximum Gasteiger partial charge on any atom is 0.137 e. The average molecular weight is 277 g/mol. The van der Waals surface area contributed by atoms with Gasteiger partial charge in [-0.1, -0.05) is 11.6 Å². The number of rotatable bonds is 3. The van der Waals surface area contributed by atoms with E-state index in [2.05, 4.69) is 0 Å². The van der Waals surface area contributed by atoms with Crippen molar-refractivity contribution in [1.29, 1.82) is 0 Å². The highest BCUT2D eigenvalue weighted by Gasteiger charge is 2.07. The molecule has 0 bridgehead atoms. The number of hydrogen-bond acceptors (Lipinski definition) is 2. The van der Waals surface area contributed by atoms with E-state index >= 15 is 0 Å². The van der Waals surface area contributed by atoms with E-state index in [9.17, 15) is 4.39 Å². The molecule has 1 heterocycles. The largest absolute Gasteiger partial charge is 0.489 e. The number of benzene rings is 2. The van der Waals surface area contributed by atoms with Crippen molar-refractivity contribution >= 4 is 22.6 Å². The summed E-state index contributed by atoms with van der Waals surface area (Å²) >= 11 is 5.80. The topological polar surface area (TPSA) is 22.4 Å². The van der Waals surface area contributed by atoms with Gasteiger partial charge in [0.1, 0.15) is 23.8 Å². The standard InChI is InChI=1S/C15H10ClFO2/c16-11-1-4-13(5-2-11)18-8-10-9-19-15-7-12(17)3-6-14(10)15/h1-7,9H,8H2. The highest BCUT2D eigenvalue weighted by atomic mass is 35.5. The molecule has 3 aromatic rings. The third kappa shape index (κ3) is 2.56. The molecule has 0 atom stereocenters. The third-order valence-electron chi connectivity index (χ3n) is 2.83. The molecule has 0 N–H and O–H groups in total. The zero-order valence-electron chi connectivity index (χ0n) is 9.90. The smallest absolute Gasteiger partial charge is 0.137 e. The normalized spacial score (nSPS) is 10.8. The van der Waals surface area contributed by atoms with Crippen LogP contribution in [0.5, 0.6) is 5.75 Å². The first-order valence-corrected chi connectivity index (χ1v) is 6.14. The lowest BCUT2D eigenvalue weighted by Gasteiger charge is -2.04. The quantitative estimate of drug-likeness (QED) is 0.685. The second kappa shape index (κ2) is 4.94. The second-order valence-corrected chi connectivity index (χ2v) is 4.58. The molecule has 19 heavy (non-hydrogen) atoms. The molecule has 0 unspecified atom stereocenters. The summed E-state index contributed by atoms with van der Waals surface area (Å²) in [5, 5.41) is 1.52. The zero-order chi connectivity index (χ0) is 13.2. The molecule has 0 fully saturated rings. The van der Waals surface area contributed by atoms with Crippen LogP contribution in [-0.2, 0) is 6.61 Å². The second-order valence-electron chi connectivity index (χ2n) is 4.14. The highest BCUT2D eigenvalue weighted by molar-refractivity contribution is 6.30. The minimum absolute atomic E-state index is 0.313. The van der Waals surface area contributed by atoms with Gasteiger partial charge in [-0.2, -0.15) is 0 Å². The Balaban J connectivity index is 1.80. The van der Waals surface area contributed by atoms with Crippen LogP contribution in [-0.4, -0.2) is 0 Å². The van der Waals surface area contributed by atoms with E-state index in [1.54, 1.807) is 36.6 Å². The fraction of sp³-hybridized carbons (Fsp3) is 0.0667. The van der Waals surface area contributed by atoms with E-state index in [4.69, 9.17) is 20.8 Å². The van der Waals surface area contributed by atoms with E-state index in [0.29, 0.717) is 17.2 Å². The molecule has 3 rings (SSSR count). The van der Waals surface area contributed by atoms with Crippen LogP contribution >= 0.6 is 11.6 Å². The van der Waals surface area contributed by atoms with Crippen LogP contribution in [0, 0.1) is 5.82 Å². The molecule has 0 aliphatic carbocycles. The molecule has 0 amide bonds. The van der Waals surface area contributed by atoms with Crippen molar-refractivity contribution in [2.75, 3.05) is 0 Å². The first-order valence-electron chi connectivity index (χ1n) is 5.76. The van der Waals surface area contributed by atoms with Gasteiger partial charge < -0.3 is 9.15 Å². The Kier molecular flexibility index (Phi) is 3.13. The van der Waals surface area contributed by atoms with Gasteiger partial charge in [0.25, 0.3) is 0 Å². The van der Waals surface area contributed by atoms with Crippen LogP contribution in [0.2, 0.25) is 5.02 Å². The summed E-state index contributed by atoms with van der Waals surface area (Å²) in [4.78, 5) is 0. The first kappa shape index (κ1) is 12.1. The number of hydrogen-bond donors (Lipinski definition) is 0. The van der Waals surface area contributed by atoms with E-state index in [1.165, 1.54) is 12.1 Å². The van der Waals surface area contributed by atoms with Gasteiger partial charge in [0, 0.05) is 22.0 Å². The van der Waals surface area contributed by atoms with Gasteiger partial charge in [0.2, 0.25) is 0 Å². The van der Waals surface area contributed by atoms with Crippen LogP contribution < -0.4 is 4.74 Å². The van der Waals surface area contributed by atoms with Gasteiger partial charge in [-0.15, -0.1) is 0 Å². The number of fused-ring (bicyclic) bond motifs is 1.